The van der Waals surface area contributed by atoms with Gasteiger partial charge in [0.2, 0.25) is 5.91 Å². The number of carbonyl (C=O) groups excluding carboxylic acids is 1. The van der Waals surface area contributed by atoms with Gasteiger partial charge in [-0.1, -0.05) is 0 Å². The number of nitrogens with one attached hydrogen (secondary N) is 1. The van der Waals surface area contributed by atoms with Crippen molar-refractivity contribution >= 4 is 11.9 Å². The first-order valence-corrected chi connectivity index (χ1v) is 4.83. The second-order valence-electron chi connectivity index (χ2n) is 4.35. The molecular weight excluding hydrogens is 184 g/mol. The molecule has 0 aromatic rings. The highest BCUT2D eigenvalue weighted by atomic mass is 16.4. The number of carboxylic acid groups (broad SMARTS) is 1. The molecule has 2 aliphatic rings. The summed E-state index contributed by atoms with van der Waals surface area (Å²) in [5, 5.41) is 11.4. The number of hydrogen-bond donors (Lipinski definition) is 3. The number of nitrogens with two attached hydrogens (primary N) is 1. The molecule has 2 saturated carbocycles. The van der Waals surface area contributed by atoms with E-state index < -0.39 is 17.0 Å². The molecule has 5 nitrogen and oxygen atoms in total. The Morgan fingerprint density at radius 3 is 2.07 bits per heavy atom. The van der Waals surface area contributed by atoms with Gasteiger partial charge in [-0.3, -0.25) is 4.79 Å². The maximum absolute atomic E-state index is 11.6. The van der Waals surface area contributed by atoms with Crippen molar-refractivity contribution in [2.24, 2.45) is 5.73 Å². The van der Waals surface area contributed by atoms with E-state index in [1.807, 2.05) is 0 Å². The van der Waals surface area contributed by atoms with Crippen LogP contribution in [0.3, 0.4) is 0 Å². The van der Waals surface area contributed by atoms with Crippen LogP contribution in [0, 0.1) is 0 Å². The van der Waals surface area contributed by atoms with Crippen molar-refractivity contribution in [3.8, 4) is 0 Å². The lowest BCUT2D eigenvalue weighted by Crippen LogP contribution is -2.61. The zero-order valence-corrected chi connectivity index (χ0v) is 7.88. The van der Waals surface area contributed by atoms with Gasteiger partial charge in [-0.25, -0.2) is 4.79 Å². The second kappa shape index (κ2) is 2.70. The lowest BCUT2D eigenvalue weighted by atomic mass is 9.77. The number of hydrogen-bond acceptors (Lipinski definition) is 3. The zero-order valence-electron chi connectivity index (χ0n) is 7.88. The molecule has 5 heteroatoms. The van der Waals surface area contributed by atoms with Crippen LogP contribution >= 0.6 is 0 Å². The molecule has 0 aliphatic heterocycles. The van der Waals surface area contributed by atoms with Crippen LogP contribution in [-0.2, 0) is 9.59 Å². The van der Waals surface area contributed by atoms with Gasteiger partial charge >= 0.3 is 5.97 Å². The maximum Gasteiger partial charge on any atom is 0.329 e. The standard InChI is InChI=1S/C9H14N2O3/c10-8(2-1-3-8)6(12)11-9(4-5-9)7(13)14/h1-5,10H2,(H,11,12)(H,13,14). The van der Waals surface area contributed by atoms with Gasteiger partial charge in [-0.2, -0.15) is 0 Å². The number of carboxylic acids is 1. The van der Waals surface area contributed by atoms with E-state index in [-0.39, 0.29) is 5.91 Å². The SMILES string of the molecule is NC1(C(=O)NC2(C(=O)O)CC2)CCC1. The molecule has 0 heterocycles. The summed E-state index contributed by atoms with van der Waals surface area (Å²) in [6.45, 7) is 0. The van der Waals surface area contributed by atoms with Crippen molar-refractivity contribution in [1.82, 2.24) is 5.32 Å². The van der Waals surface area contributed by atoms with Crippen molar-refractivity contribution in [1.29, 1.82) is 0 Å². The summed E-state index contributed by atoms with van der Waals surface area (Å²) in [5.74, 6) is -1.25. The molecule has 0 unspecified atom stereocenters. The van der Waals surface area contributed by atoms with Crippen LogP contribution in [0.4, 0.5) is 0 Å². The summed E-state index contributed by atoms with van der Waals surface area (Å²) in [4.78, 5) is 22.4. The molecule has 2 rings (SSSR count). The highest BCUT2D eigenvalue weighted by molar-refractivity contribution is 5.94. The average Bonchev–Trinajstić information content (AvgIpc) is 2.81. The van der Waals surface area contributed by atoms with Crippen LogP contribution in [-0.4, -0.2) is 28.1 Å². The van der Waals surface area contributed by atoms with Crippen molar-refractivity contribution in [2.45, 2.75) is 43.2 Å². The highest BCUT2D eigenvalue weighted by Crippen LogP contribution is 2.37. The Labute approximate surface area is 81.7 Å². The van der Waals surface area contributed by atoms with Crippen LogP contribution < -0.4 is 11.1 Å². The van der Waals surface area contributed by atoms with Gasteiger partial charge in [0.25, 0.3) is 0 Å². The molecule has 14 heavy (non-hydrogen) atoms. The van der Waals surface area contributed by atoms with Gasteiger partial charge in [-0.05, 0) is 32.1 Å². The predicted octanol–water partition coefficient (Wildman–Crippen LogP) is -0.399. The van der Waals surface area contributed by atoms with Crippen LogP contribution in [0.5, 0.6) is 0 Å². The van der Waals surface area contributed by atoms with Crippen LogP contribution in [0.1, 0.15) is 32.1 Å². The molecule has 1 amide bonds. The van der Waals surface area contributed by atoms with E-state index in [0.717, 1.165) is 6.42 Å². The Balaban J connectivity index is 1.98. The highest BCUT2D eigenvalue weighted by Gasteiger charge is 2.54. The summed E-state index contributed by atoms with van der Waals surface area (Å²) < 4.78 is 0. The lowest BCUT2D eigenvalue weighted by Gasteiger charge is -2.37. The van der Waals surface area contributed by atoms with E-state index in [4.69, 9.17) is 10.8 Å². The fraction of sp³-hybridized carbons (Fsp3) is 0.778. The molecule has 0 atom stereocenters. The van der Waals surface area contributed by atoms with Crippen molar-refractivity contribution in [3.05, 3.63) is 0 Å². The molecule has 2 aliphatic carbocycles. The topological polar surface area (TPSA) is 92.4 Å². The van der Waals surface area contributed by atoms with Gasteiger partial charge in [0.1, 0.15) is 5.54 Å². The molecule has 0 aromatic carbocycles. The molecule has 0 bridgehead atoms. The molecule has 0 saturated heterocycles. The summed E-state index contributed by atoms with van der Waals surface area (Å²) in [7, 11) is 0. The third-order valence-corrected chi connectivity index (χ3v) is 3.21. The van der Waals surface area contributed by atoms with Crippen molar-refractivity contribution < 1.29 is 14.7 Å². The molecular formula is C9H14N2O3. The van der Waals surface area contributed by atoms with Crippen molar-refractivity contribution in [2.75, 3.05) is 0 Å². The van der Waals surface area contributed by atoms with E-state index in [2.05, 4.69) is 5.32 Å². The van der Waals surface area contributed by atoms with E-state index >= 15 is 0 Å². The first-order chi connectivity index (χ1) is 6.49. The average molecular weight is 198 g/mol. The Kier molecular flexibility index (Phi) is 1.82. The molecule has 2 fully saturated rings. The fourth-order valence-electron chi connectivity index (χ4n) is 1.64. The Morgan fingerprint density at radius 1 is 1.21 bits per heavy atom. The minimum Gasteiger partial charge on any atom is -0.480 e. The summed E-state index contributed by atoms with van der Waals surface area (Å²) in [6, 6.07) is 0. The molecule has 0 aromatic heterocycles. The number of amides is 1. The fourth-order valence-corrected chi connectivity index (χ4v) is 1.64. The van der Waals surface area contributed by atoms with Gasteiger partial charge in [0, 0.05) is 0 Å². The van der Waals surface area contributed by atoms with Crippen LogP contribution in [0.2, 0.25) is 0 Å². The number of carbonyl (C=O) groups is 2. The van der Waals surface area contributed by atoms with E-state index in [1.54, 1.807) is 0 Å². The summed E-state index contributed by atoms with van der Waals surface area (Å²) in [6.07, 6.45) is 3.31. The largest absolute Gasteiger partial charge is 0.480 e. The minimum absolute atomic E-state index is 0.302. The Morgan fingerprint density at radius 2 is 1.79 bits per heavy atom. The van der Waals surface area contributed by atoms with Gasteiger partial charge in [0.05, 0.1) is 5.54 Å². The van der Waals surface area contributed by atoms with E-state index in [1.165, 1.54) is 0 Å². The van der Waals surface area contributed by atoms with E-state index in [0.29, 0.717) is 25.7 Å². The summed E-state index contributed by atoms with van der Waals surface area (Å²) in [5.41, 5.74) is 3.97. The Hall–Kier alpha value is -1.10. The van der Waals surface area contributed by atoms with Crippen molar-refractivity contribution in [3.63, 3.8) is 0 Å². The maximum atomic E-state index is 11.6. The number of rotatable bonds is 3. The van der Waals surface area contributed by atoms with Crippen LogP contribution in [0.25, 0.3) is 0 Å². The second-order valence-corrected chi connectivity index (χ2v) is 4.35. The zero-order chi connectivity index (χ0) is 10.4. The smallest absolute Gasteiger partial charge is 0.329 e. The molecule has 0 spiro atoms. The lowest BCUT2D eigenvalue weighted by molar-refractivity contribution is -0.144. The normalized spacial score (nSPS) is 26.1. The third kappa shape index (κ3) is 1.28. The molecule has 4 N–H and O–H groups in total. The van der Waals surface area contributed by atoms with Crippen LogP contribution in [0.15, 0.2) is 0 Å². The first-order valence-electron chi connectivity index (χ1n) is 4.83. The van der Waals surface area contributed by atoms with E-state index in [9.17, 15) is 9.59 Å². The third-order valence-electron chi connectivity index (χ3n) is 3.21. The van der Waals surface area contributed by atoms with Gasteiger partial charge < -0.3 is 16.2 Å². The first kappa shape index (κ1) is 9.45. The quantitative estimate of drug-likeness (QED) is 0.575. The molecule has 0 radical (unpaired) electrons. The van der Waals surface area contributed by atoms with Gasteiger partial charge in [0.15, 0.2) is 0 Å². The Bertz CT molecular complexity index is 292. The summed E-state index contributed by atoms with van der Waals surface area (Å²) >= 11 is 0. The minimum atomic E-state index is -1.00. The molecule has 78 valence electrons. The predicted molar refractivity (Wildman–Crippen MR) is 48.5 cm³/mol. The van der Waals surface area contributed by atoms with Gasteiger partial charge in [-0.15, -0.1) is 0 Å². The monoisotopic (exact) mass is 198 g/mol. The number of aliphatic carboxylic acids is 1.